The van der Waals surface area contributed by atoms with Gasteiger partial charge in [-0.1, -0.05) is 13.0 Å². The van der Waals surface area contributed by atoms with E-state index in [0.29, 0.717) is 17.1 Å². The van der Waals surface area contributed by atoms with Crippen LogP contribution in [0.2, 0.25) is 0 Å². The molecule has 0 amide bonds. The number of benzene rings is 1. The average Bonchev–Trinajstić information content (AvgIpc) is 2.72. The highest BCUT2D eigenvalue weighted by Gasteiger charge is 2.17. The Morgan fingerprint density at radius 2 is 1.85 bits per heavy atom. The molecule has 6 nitrogen and oxygen atoms in total. The molecule has 3 rings (SSSR count). The van der Waals surface area contributed by atoms with Gasteiger partial charge in [-0.15, -0.1) is 0 Å². The third-order valence-electron chi connectivity index (χ3n) is 4.36. The van der Waals surface area contributed by atoms with Crippen molar-refractivity contribution in [2.45, 2.75) is 13.3 Å². The number of rotatable bonds is 5. The lowest BCUT2D eigenvalue weighted by atomic mass is 9.93. The minimum atomic E-state index is -0.440. The van der Waals surface area contributed by atoms with Crippen LogP contribution in [0.15, 0.2) is 48.8 Å². The van der Waals surface area contributed by atoms with Crippen molar-refractivity contribution in [2.24, 2.45) is 0 Å². The molecular formula is C21H21N3O3. The summed E-state index contributed by atoms with van der Waals surface area (Å²) in [5.41, 5.74) is 10.9. The Labute approximate surface area is 158 Å². The van der Waals surface area contributed by atoms with Crippen LogP contribution in [0.3, 0.4) is 0 Å². The Hall–Kier alpha value is -3.41. The van der Waals surface area contributed by atoms with Crippen molar-refractivity contribution in [3.63, 3.8) is 0 Å². The van der Waals surface area contributed by atoms with Gasteiger partial charge in [-0.3, -0.25) is 4.98 Å². The van der Waals surface area contributed by atoms with Crippen LogP contribution in [0.4, 0.5) is 5.82 Å². The number of carbonyl (C=O) groups is 1. The number of aromatic nitrogens is 2. The number of aryl methyl sites for hydroxylation is 1. The Kier molecular flexibility index (Phi) is 5.35. The summed E-state index contributed by atoms with van der Waals surface area (Å²) >= 11 is 0. The second-order valence-electron chi connectivity index (χ2n) is 5.91. The first-order chi connectivity index (χ1) is 13.1. The highest BCUT2D eigenvalue weighted by molar-refractivity contribution is 5.94. The molecule has 0 unspecified atom stereocenters. The molecule has 0 aliphatic carbocycles. The van der Waals surface area contributed by atoms with Crippen molar-refractivity contribution in [1.29, 1.82) is 0 Å². The highest BCUT2D eigenvalue weighted by Crippen LogP contribution is 2.36. The van der Waals surface area contributed by atoms with Gasteiger partial charge in [-0.05, 0) is 47.9 Å². The van der Waals surface area contributed by atoms with Gasteiger partial charge in [0.2, 0.25) is 0 Å². The van der Waals surface area contributed by atoms with Gasteiger partial charge in [0, 0.05) is 29.2 Å². The number of pyridine rings is 2. The lowest BCUT2D eigenvalue weighted by molar-refractivity contribution is 0.0597. The van der Waals surface area contributed by atoms with E-state index in [1.807, 2.05) is 24.3 Å². The molecule has 27 heavy (non-hydrogen) atoms. The molecule has 0 saturated heterocycles. The number of carbonyl (C=O) groups excluding carboxylic acids is 1. The fraction of sp³-hybridized carbons (Fsp3) is 0.190. The zero-order valence-corrected chi connectivity index (χ0v) is 15.5. The molecule has 3 aromatic rings. The molecule has 0 bridgehead atoms. The van der Waals surface area contributed by atoms with Crippen molar-refractivity contribution in [2.75, 3.05) is 20.0 Å². The number of ether oxygens (including phenoxy) is 2. The molecule has 2 heterocycles. The normalized spacial score (nSPS) is 10.5. The smallest absolute Gasteiger partial charge is 0.341 e. The van der Waals surface area contributed by atoms with Crippen LogP contribution < -0.4 is 10.5 Å². The molecule has 2 N–H and O–H groups in total. The average molecular weight is 363 g/mol. The maximum absolute atomic E-state index is 11.9. The fourth-order valence-electron chi connectivity index (χ4n) is 3.03. The minimum absolute atomic E-state index is 0.379. The molecule has 0 aliphatic heterocycles. The first-order valence-corrected chi connectivity index (χ1v) is 8.55. The van der Waals surface area contributed by atoms with E-state index in [4.69, 9.17) is 15.2 Å². The topological polar surface area (TPSA) is 87.3 Å². The zero-order chi connectivity index (χ0) is 19.4. The van der Waals surface area contributed by atoms with Crippen LogP contribution in [-0.2, 0) is 11.2 Å². The van der Waals surface area contributed by atoms with E-state index >= 15 is 0 Å². The van der Waals surface area contributed by atoms with Crippen LogP contribution in [0.5, 0.6) is 5.75 Å². The number of hydrogen-bond donors (Lipinski definition) is 1. The van der Waals surface area contributed by atoms with Crippen LogP contribution in [0, 0.1) is 0 Å². The van der Waals surface area contributed by atoms with E-state index < -0.39 is 5.97 Å². The van der Waals surface area contributed by atoms with Crippen molar-refractivity contribution < 1.29 is 14.3 Å². The van der Waals surface area contributed by atoms with Gasteiger partial charge in [-0.25, -0.2) is 9.78 Å². The Morgan fingerprint density at radius 1 is 1.07 bits per heavy atom. The van der Waals surface area contributed by atoms with Gasteiger partial charge in [0.05, 0.1) is 14.2 Å². The van der Waals surface area contributed by atoms with Gasteiger partial charge >= 0.3 is 5.97 Å². The largest absolute Gasteiger partial charge is 0.496 e. The quantitative estimate of drug-likeness (QED) is 0.695. The fourth-order valence-corrected chi connectivity index (χ4v) is 3.03. The number of methoxy groups -OCH3 is 2. The van der Waals surface area contributed by atoms with Gasteiger partial charge in [0.25, 0.3) is 0 Å². The Morgan fingerprint density at radius 3 is 2.48 bits per heavy atom. The summed E-state index contributed by atoms with van der Waals surface area (Å²) in [7, 11) is 2.87. The van der Waals surface area contributed by atoms with Gasteiger partial charge in [0.1, 0.15) is 17.1 Å². The van der Waals surface area contributed by atoms with Gasteiger partial charge in [-0.2, -0.15) is 0 Å². The summed E-state index contributed by atoms with van der Waals surface area (Å²) in [5, 5.41) is 0. The summed E-state index contributed by atoms with van der Waals surface area (Å²) < 4.78 is 10.2. The first kappa shape index (κ1) is 18.4. The van der Waals surface area contributed by atoms with Crippen LogP contribution >= 0.6 is 0 Å². The molecule has 0 atom stereocenters. The monoisotopic (exact) mass is 363 g/mol. The minimum Gasteiger partial charge on any atom is -0.496 e. The first-order valence-electron chi connectivity index (χ1n) is 8.55. The summed E-state index contributed by atoms with van der Waals surface area (Å²) in [6, 6.07) is 11.1. The van der Waals surface area contributed by atoms with E-state index in [2.05, 4.69) is 16.9 Å². The Bertz CT molecular complexity index is 969. The number of esters is 1. The summed E-state index contributed by atoms with van der Waals surface area (Å²) in [4.78, 5) is 20.7. The molecule has 2 aromatic heterocycles. The SMILES string of the molecule is CCc1nccc(-c2ccc(C(=O)OC)c(OC)c2)c1-c1ccc(N)nc1. The second-order valence-corrected chi connectivity index (χ2v) is 5.91. The van der Waals surface area contributed by atoms with E-state index in [1.54, 1.807) is 24.5 Å². The van der Waals surface area contributed by atoms with Crippen molar-refractivity contribution >= 4 is 11.8 Å². The second kappa shape index (κ2) is 7.86. The molecule has 138 valence electrons. The van der Waals surface area contributed by atoms with Crippen molar-refractivity contribution in [1.82, 2.24) is 9.97 Å². The zero-order valence-electron chi connectivity index (χ0n) is 15.5. The van der Waals surface area contributed by atoms with E-state index in [-0.39, 0.29) is 0 Å². The molecule has 0 radical (unpaired) electrons. The van der Waals surface area contributed by atoms with Crippen LogP contribution in [-0.4, -0.2) is 30.2 Å². The highest BCUT2D eigenvalue weighted by atomic mass is 16.5. The summed E-state index contributed by atoms with van der Waals surface area (Å²) in [5.74, 6) is 0.479. The number of nitrogens with zero attached hydrogens (tertiary/aromatic N) is 2. The lowest BCUT2D eigenvalue weighted by Gasteiger charge is -2.15. The maximum atomic E-state index is 11.9. The molecule has 0 aliphatic rings. The van der Waals surface area contributed by atoms with E-state index in [9.17, 15) is 4.79 Å². The molecule has 0 spiro atoms. The van der Waals surface area contributed by atoms with Crippen molar-refractivity contribution in [3.8, 4) is 28.0 Å². The van der Waals surface area contributed by atoms with Gasteiger partial charge < -0.3 is 15.2 Å². The third kappa shape index (κ3) is 3.60. The molecule has 1 aromatic carbocycles. The number of nitrogens with two attached hydrogens (primary N) is 1. The summed E-state index contributed by atoms with van der Waals surface area (Å²) in [6.45, 7) is 2.06. The molecular weight excluding hydrogens is 342 g/mol. The lowest BCUT2D eigenvalue weighted by Crippen LogP contribution is -2.04. The molecule has 0 fully saturated rings. The third-order valence-corrected chi connectivity index (χ3v) is 4.36. The number of nitrogen functional groups attached to an aromatic ring is 1. The molecule has 0 saturated carbocycles. The van der Waals surface area contributed by atoms with Crippen LogP contribution in [0.1, 0.15) is 23.0 Å². The predicted octanol–water partition coefficient (Wildman–Crippen LogP) is 3.75. The van der Waals surface area contributed by atoms with Crippen molar-refractivity contribution in [3.05, 3.63) is 60.0 Å². The molecule has 6 heteroatoms. The number of anilines is 1. The van der Waals surface area contributed by atoms with E-state index in [0.717, 1.165) is 34.4 Å². The summed E-state index contributed by atoms with van der Waals surface area (Å²) in [6.07, 6.45) is 4.29. The van der Waals surface area contributed by atoms with Crippen LogP contribution in [0.25, 0.3) is 22.3 Å². The standard InChI is InChI=1S/C21H21N3O3/c1-4-17-20(14-6-8-19(22)24-12-14)15(9-10-23-17)13-5-7-16(21(25)27-3)18(11-13)26-2/h5-12H,4H2,1-3H3,(H2,22,24). The van der Waals surface area contributed by atoms with Gasteiger partial charge in [0.15, 0.2) is 0 Å². The predicted molar refractivity (Wildman–Crippen MR) is 105 cm³/mol. The number of hydrogen-bond acceptors (Lipinski definition) is 6. The Balaban J connectivity index is 2.20. The van der Waals surface area contributed by atoms with E-state index in [1.165, 1.54) is 14.2 Å². The maximum Gasteiger partial charge on any atom is 0.341 e.